The number of allylic oxidation sites excluding steroid dienone is 1. The Morgan fingerprint density at radius 1 is 1.00 bits per heavy atom. The van der Waals surface area contributed by atoms with Crippen LogP contribution in [-0.2, 0) is 0 Å². The Balaban J connectivity index is 1.81. The van der Waals surface area contributed by atoms with Crippen molar-refractivity contribution in [3.63, 3.8) is 0 Å². The van der Waals surface area contributed by atoms with Crippen molar-refractivity contribution in [3.05, 3.63) is 28.4 Å². The molecule has 0 bridgehead atoms. The van der Waals surface area contributed by atoms with Gasteiger partial charge in [0.15, 0.2) is 0 Å². The molecule has 3 heterocycles. The van der Waals surface area contributed by atoms with E-state index in [1.54, 1.807) is 4.91 Å². The van der Waals surface area contributed by atoms with E-state index < -0.39 is 0 Å². The maximum Gasteiger partial charge on any atom is 0.0708 e. The summed E-state index contributed by atoms with van der Waals surface area (Å²) in [6, 6.07) is 0. The van der Waals surface area contributed by atoms with Gasteiger partial charge in [-0.1, -0.05) is 64.8 Å². The molecule has 0 fully saturated rings. The van der Waals surface area contributed by atoms with E-state index in [9.17, 15) is 0 Å². The molecule has 0 saturated carbocycles. The van der Waals surface area contributed by atoms with Gasteiger partial charge in [0.05, 0.1) is 12.7 Å². The molecule has 0 aromatic carbocycles. The molecule has 0 N–H and O–H groups in total. The van der Waals surface area contributed by atoms with Crippen LogP contribution in [0.5, 0.6) is 0 Å². The Labute approximate surface area is 134 Å². The quantitative estimate of drug-likeness (QED) is 0.410. The molecule has 0 amide bonds. The predicted molar refractivity (Wildman–Crippen MR) is 98.0 cm³/mol. The van der Waals surface area contributed by atoms with Gasteiger partial charge in [0.2, 0.25) is 0 Å². The van der Waals surface area contributed by atoms with Gasteiger partial charge in [0, 0.05) is 10.7 Å². The zero-order valence-electron chi connectivity index (χ0n) is 8.71. The van der Waals surface area contributed by atoms with E-state index in [2.05, 4.69) is 17.7 Å². The van der Waals surface area contributed by atoms with Crippen LogP contribution in [0.4, 0.5) is 0 Å². The number of hydrogen-bond donors (Lipinski definition) is 0. The van der Waals surface area contributed by atoms with E-state index in [1.165, 1.54) is 18.5 Å². The molecule has 0 saturated heterocycles. The van der Waals surface area contributed by atoms with E-state index in [1.807, 2.05) is 88.3 Å². The summed E-state index contributed by atoms with van der Waals surface area (Å²) in [5.74, 6) is 1.92. The van der Waals surface area contributed by atoms with Gasteiger partial charge in [-0.15, -0.1) is 0 Å². The Morgan fingerprint density at radius 2 is 1.82 bits per heavy atom. The maximum absolute atomic E-state index is 2.35. The van der Waals surface area contributed by atoms with Gasteiger partial charge in [-0.2, -0.15) is 0 Å². The van der Waals surface area contributed by atoms with Crippen molar-refractivity contribution in [3.8, 4) is 0 Å². The maximum atomic E-state index is 2.35. The normalized spacial score (nSPS) is 29.6. The third-order valence-corrected chi connectivity index (χ3v) is 14.6. The fourth-order valence-corrected chi connectivity index (χ4v) is 13.8. The molecule has 1 unspecified atom stereocenters. The first-order valence-corrected chi connectivity index (χ1v) is 13.2. The second-order valence-corrected chi connectivity index (χ2v) is 13.9. The first kappa shape index (κ1) is 14.0. The molecular weight excluding hydrogens is 365 g/mol. The number of rotatable bonds is 0. The second-order valence-electron chi connectivity index (χ2n) is 3.34. The highest BCUT2D eigenvalue weighted by atomic mass is 33.7. The number of thioether (sulfide) groups is 4. The Bertz CT molecular complexity index is 399. The van der Waals surface area contributed by atoms with E-state index in [0.717, 1.165) is 0 Å². The van der Waals surface area contributed by atoms with Crippen molar-refractivity contribution in [2.45, 2.75) is 6.92 Å². The average Bonchev–Trinajstić information content (AvgIpc) is 2.93. The molecule has 1 atom stereocenters. The summed E-state index contributed by atoms with van der Waals surface area (Å²) >= 11 is 7.71. The molecule has 3 rings (SSSR count). The van der Waals surface area contributed by atoms with E-state index >= 15 is 0 Å². The molecule has 0 aliphatic carbocycles. The standard InChI is InChI=1S/C9H8S8/c1-5-4-12-16-17-15-7-6(5)13-9(14-7)8-10-2-3-11-8/h2-3,5H,4H2,1H3. The zero-order chi connectivity index (χ0) is 11.7. The van der Waals surface area contributed by atoms with Gasteiger partial charge in [-0.3, -0.25) is 0 Å². The molecule has 8 heteroatoms. The third-order valence-electron chi connectivity index (χ3n) is 2.11. The van der Waals surface area contributed by atoms with Crippen molar-refractivity contribution in [2.75, 3.05) is 5.75 Å². The summed E-state index contributed by atoms with van der Waals surface area (Å²) in [4.78, 5) is 1.59. The van der Waals surface area contributed by atoms with E-state index in [-0.39, 0.29) is 0 Å². The van der Waals surface area contributed by atoms with Gasteiger partial charge in [0.25, 0.3) is 0 Å². The first-order chi connectivity index (χ1) is 8.34. The minimum absolute atomic E-state index is 0.691. The van der Waals surface area contributed by atoms with Gasteiger partial charge >= 0.3 is 0 Å². The lowest BCUT2D eigenvalue weighted by Crippen LogP contribution is -1.99. The van der Waals surface area contributed by atoms with Crippen LogP contribution >= 0.6 is 88.3 Å². The van der Waals surface area contributed by atoms with E-state index in [0.29, 0.717) is 5.92 Å². The fourth-order valence-electron chi connectivity index (χ4n) is 1.31. The number of hydrogen-bond acceptors (Lipinski definition) is 8. The van der Waals surface area contributed by atoms with Crippen LogP contribution in [0.15, 0.2) is 28.4 Å². The lowest BCUT2D eigenvalue weighted by molar-refractivity contribution is 0.836. The first-order valence-electron chi connectivity index (χ1n) is 4.80. The fraction of sp³-hybridized carbons (Fsp3) is 0.333. The molecule has 0 nitrogen and oxygen atoms in total. The monoisotopic (exact) mass is 372 g/mol. The molecule has 0 spiro atoms. The Hall–Kier alpha value is 2.02. The van der Waals surface area contributed by atoms with Gasteiger partial charge in [0.1, 0.15) is 0 Å². The highest BCUT2D eigenvalue weighted by Crippen LogP contribution is 2.65. The summed E-state index contributed by atoms with van der Waals surface area (Å²) in [6.45, 7) is 2.35. The molecule has 3 aliphatic heterocycles. The topological polar surface area (TPSA) is 0 Å². The van der Waals surface area contributed by atoms with Crippen LogP contribution in [0, 0.1) is 5.92 Å². The molecule has 0 aromatic rings. The molecule has 3 aliphatic rings. The minimum Gasteiger partial charge on any atom is -0.0884 e. The van der Waals surface area contributed by atoms with Crippen molar-refractivity contribution in [2.24, 2.45) is 5.92 Å². The summed E-state index contributed by atoms with van der Waals surface area (Å²) in [7, 11) is 7.75. The van der Waals surface area contributed by atoms with Crippen LogP contribution in [0.3, 0.4) is 0 Å². The Kier molecular flexibility index (Phi) is 5.47. The van der Waals surface area contributed by atoms with Gasteiger partial charge < -0.3 is 0 Å². The van der Waals surface area contributed by atoms with Crippen LogP contribution in [0.2, 0.25) is 0 Å². The van der Waals surface area contributed by atoms with Crippen molar-refractivity contribution < 1.29 is 0 Å². The smallest absolute Gasteiger partial charge is 0.0708 e. The molecule has 92 valence electrons. The molecule has 0 radical (unpaired) electrons. The second kappa shape index (κ2) is 6.65. The summed E-state index contributed by atoms with van der Waals surface area (Å²) in [5, 5.41) is 4.36. The van der Waals surface area contributed by atoms with Crippen LogP contribution in [0.25, 0.3) is 0 Å². The van der Waals surface area contributed by atoms with Gasteiger partial charge in [-0.05, 0) is 47.2 Å². The largest absolute Gasteiger partial charge is 0.0884 e. The Morgan fingerprint density at radius 3 is 2.65 bits per heavy atom. The molecule has 17 heavy (non-hydrogen) atoms. The molecule has 0 aromatic heterocycles. The van der Waals surface area contributed by atoms with E-state index in [4.69, 9.17) is 0 Å². The highest BCUT2D eigenvalue weighted by molar-refractivity contribution is 9.26. The zero-order valence-corrected chi connectivity index (χ0v) is 15.2. The van der Waals surface area contributed by atoms with Crippen molar-refractivity contribution in [1.82, 2.24) is 0 Å². The van der Waals surface area contributed by atoms with Crippen molar-refractivity contribution in [1.29, 1.82) is 0 Å². The van der Waals surface area contributed by atoms with Gasteiger partial charge in [-0.25, -0.2) is 0 Å². The van der Waals surface area contributed by atoms with Crippen LogP contribution in [-0.4, -0.2) is 5.75 Å². The summed E-state index contributed by atoms with van der Waals surface area (Å²) < 4.78 is 4.48. The predicted octanol–water partition coefficient (Wildman–Crippen LogP) is 7.04. The lowest BCUT2D eigenvalue weighted by atomic mass is 10.2. The third kappa shape index (κ3) is 3.37. The van der Waals surface area contributed by atoms with Crippen molar-refractivity contribution >= 4 is 88.3 Å². The summed E-state index contributed by atoms with van der Waals surface area (Å²) in [6.07, 6.45) is 0. The molecular formula is C9H8S8. The summed E-state index contributed by atoms with van der Waals surface area (Å²) in [5.41, 5.74) is 0. The minimum atomic E-state index is 0.691. The SMILES string of the molecule is CC1CSSSSC2=C1SC(=C1SC=CS1)S2. The average molecular weight is 373 g/mol. The highest BCUT2D eigenvalue weighted by Gasteiger charge is 2.30. The lowest BCUT2D eigenvalue weighted by Gasteiger charge is -2.14. The van der Waals surface area contributed by atoms with Crippen LogP contribution < -0.4 is 0 Å². The van der Waals surface area contributed by atoms with Crippen LogP contribution in [0.1, 0.15) is 6.92 Å².